The zero-order valence-electron chi connectivity index (χ0n) is 15.3. The average molecular weight is 395 g/mol. The molecule has 3 aromatic rings. The monoisotopic (exact) mass is 395 g/mol. The summed E-state index contributed by atoms with van der Waals surface area (Å²) in [6, 6.07) is 16.2. The standard InChI is InChI=1S/C21H18FN3O4/c22-16-9-5-4-8-15(16)17-10-11-20(27)25(24-17)13-19(26)23-18(21(28)29)12-14-6-2-1-3-7-14/h1-11,18H,12-13H2,(H,23,26)(H,28,29). The van der Waals surface area contributed by atoms with E-state index in [4.69, 9.17) is 0 Å². The molecule has 2 aromatic carbocycles. The van der Waals surface area contributed by atoms with Gasteiger partial charge in [-0.3, -0.25) is 9.59 Å². The van der Waals surface area contributed by atoms with Gasteiger partial charge in [0.25, 0.3) is 5.56 Å². The minimum atomic E-state index is -1.19. The highest BCUT2D eigenvalue weighted by Gasteiger charge is 2.21. The number of benzene rings is 2. The summed E-state index contributed by atoms with van der Waals surface area (Å²) in [4.78, 5) is 35.9. The Kier molecular flexibility index (Phi) is 6.13. The smallest absolute Gasteiger partial charge is 0.326 e. The van der Waals surface area contributed by atoms with Crippen LogP contribution in [0.2, 0.25) is 0 Å². The van der Waals surface area contributed by atoms with Gasteiger partial charge in [-0.1, -0.05) is 42.5 Å². The molecule has 3 rings (SSSR count). The van der Waals surface area contributed by atoms with Crippen molar-refractivity contribution < 1.29 is 19.1 Å². The first-order chi connectivity index (χ1) is 13.9. The van der Waals surface area contributed by atoms with E-state index in [2.05, 4.69) is 10.4 Å². The maximum absolute atomic E-state index is 14.0. The number of amides is 1. The first-order valence-corrected chi connectivity index (χ1v) is 8.83. The van der Waals surface area contributed by atoms with Crippen LogP contribution in [-0.2, 0) is 22.6 Å². The first kappa shape index (κ1) is 19.9. The molecule has 1 amide bonds. The molecular formula is C21H18FN3O4. The van der Waals surface area contributed by atoms with Gasteiger partial charge in [-0.05, 0) is 23.8 Å². The minimum Gasteiger partial charge on any atom is -0.480 e. The van der Waals surface area contributed by atoms with Crippen molar-refractivity contribution in [2.24, 2.45) is 0 Å². The van der Waals surface area contributed by atoms with E-state index in [1.54, 1.807) is 36.4 Å². The lowest BCUT2D eigenvalue weighted by molar-refractivity contribution is -0.141. The molecule has 1 atom stereocenters. The van der Waals surface area contributed by atoms with Gasteiger partial charge >= 0.3 is 5.97 Å². The Hall–Kier alpha value is -3.81. The minimum absolute atomic E-state index is 0.0967. The summed E-state index contributed by atoms with van der Waals surface area (Å²) in [5.41, 5.74) is 0.566. The molecule has 0 saturated carbocycles. The number of carbonyl (C=O) groups is 2. The van der Waals surface area contributed by atoms with Crippen molar-refractivity contribution in [2.75, 3.05) is 0 Å². The van der Waals surface area contributed by atoms with Gasteiger partial charge in [-0.25, -0.2) is 13.9 Å². The van der Waals surface area contributed by atoms with Crippen LogP contribution in [0.3, 0.4) is 0 Å². The van der Waals surface area contributed by atoms with Crippen molar-refractivity contribution in [3.63, 3.8) is 0 Å². The molecule has 7 nitrogen and oxygen atoms in total. The molecule has 148 valence electrons. The molecule has 0 fully saturated rings. The zero-order chi connectivity index (χ0) is 20.8. The van der Waals surface area contributed by atoms with Crippen molar-refractivity contribution in [3.05, 3.63) is 88.5 Å². The summed E-state index contributed by atoms with van der Waals surface area (Å²) in [6.07, 6.45) is 0.0967. The number of hydrogen-bond donors (Lipinski definition) is 2. The van der Waals surface area contributed by atoms with Crippen LogP contribution in [0.5, 0.6) is 0 Å². The predicted molar refractivity (Wildman–Crippen MR) is 104 cm³/mol. The molecule has 1 heterocycles. The molecule has 0 spiro atoms. The third kappa shape index (κ3) is 5.13. The van der Waals surface area contributed by atoms with E-state index in [0.717, 1.165) is 10.2 Å². The lowest BCUT2D eigenvalue weighted by Gasteiger charge is -2.15. The van der Waals surface area contributed by atoms with Gasteiger partial charge in [0.05, 0.1) is 5.69 Å². The van der Waals surface area contributed by atoms with E-state index >= 15 is 0 Å². The number of nitrogens with zero attached hydrogens (tertiary/aromatic N) is 2. The molecule has 8 heteroatoms. The second-order valence-corrected chi connectivity index (χ2v) is 6.34. The molecule has 29 heavy (non-hydrogen) atoms. The van der Waals surface area contributed by atoms with Gasteiger partial charge in [-0.15, -0.1) is 0 Å². The predicted octanol–water partition coefficient (Wildman–Crippen LogP) is 1.86. The highest BCUT2D eigenvalue weighted by molar-refractivity contribution is 5.83. The van der Waals surface area contributed by atoms with E-state index in [1.807, 2.05) is 0 Å². The Morgan fingerprint density at radius 2 is 1.72 bits per heavy atom. The van der Waals surface area contributed by atoms with Crippen LogP contribution in [0, 0.1) is 5.82 Å². The number of carbonyl (C=O) groups excluding carboxylic acids is 1. The van der Waals surface area contributed by atoms with Gasteiger partial charge in [0.15, 0.2) is 0 Å². The number of aromatic nitrogens is 2. The van der Waals surface area contributed by atoms with Gasteiger partial charge in [0.1, 0.15) is 18.4 Å². The second-order valence-electron chi connectivity index (χ2n) is 6.34. The van der Waals surface area contributed by atoms with Crippen molar-refractivity contribution in [1.82, 2.24) is 15.1 Å². The topological polar surface area (TPSA) is 101 Å². The number of carboxylic acids is 1. The highest BCUT2D eigenvalue weighted by atomic mass is 19.1. The second kappa shape index (κ2) is 8.92. The molecule has 0 aliphatic rings. The SMILES string of the molecule is O=C(Cn1nc(-c2ccccc2F)ccc1=O)NC(Cc1ccccc1)C(=O)O. The number of carboxylic acid groups (broad SMARTS) is 1. The molecular weight excluding hydrogens is 377 g/mol. The van der Waals surface area contributed by atoms with E-state index in [1.165, 1.54) is 30.3 Å². The molecule has 0 radical (unpaired) electrons. The van der Waals surface area contributed by atoms with E-state index in [-0.39, 0.29) is 17.7 Å². The van der Waals surface area contributed by atoms with Crippen molar-refractivity contribution in [1.29, 1.82) is 0 Å². The Labute approximate surface area is 165 Å². The maximum Gasteiger partial charge on any atom is 0.326 e. The highest BCUT2D eigenvalue weighted by Crippen LogP contribution is 2.18. The van der Waals surface area contributed by atoms with Crippen LogP contribution >= 0.6 is 0 Å². The van der Waals surface area contributed by atoms with E-state index in [0.29, 0.717) is 0 Å². The molecule has 0 bridgehead atoms. The van der Waals surface area contributed by atoms with E-state index < -0.39 is 35.8 Å². The molecule has 1 unspecified atom stereocenters. The fraction of sp³-hybridized carbons (Fsp3) is 0.143. The zero-order valence-corrected chi connectivity index (χ0v) is 15.3. The van der Waals surface area contributed by atoms with Gasteiger partial charge in [0, 0.05) is 18.1 Å². The van der Waals surface area contributed by atoms with Crippen LogP contribution in [0.25, 0.3) is 11.3 Å². The normalized spacial score (nSPS) is 11.6. The first-order valence-electron chi connectivity index (χ1n) is 8.83. The average Bonchev–Trinajstić information content (AvgIpc) is 2.70. The van der Waals surface area contributed by atoms with Crippen molar-refractivity contribution in [2.45, 2.75) is 19.0 Å². The lowest BCUT2D eigenvalue weighted by atomic mass is 10.1. The summed E-state index contributed by atoms with van der Waals surface area (Å²) in [5, 5.41) is 15.8. The summed E-state index contributed by atoms with van der Waals surface area (Å²) in [5.74, 6) is -2.39. The Bertz CT molecular complexity index is 1080. The quantitative estimate of drug-likeness (QED) is 0.636. The lowest BCUT2D eigenvalue weighted by Crippen LogP contribution is -2.44. The third-order valence-electron chi connectivity index (χ3n) is 4.23. The maximum atomic E-state index is 14.0. The van der Waals surface area contributed by atoms with Crippen LogP contribution in [-0.4, -0.2) is 32.8 Å². The largest absolute Gasteiger partial charge is 0.480 e. The molecule has 0 aliphatic carbocycles. The molecule has 0 saturated heterocycles. The molecule has 1 aromatic heterocycles. The molecule has 2 N–H and O–H groups in total. The fourth-order valence-corrected chi connectivity index (χ4v) is 2.80. The fourth-order valence-electron chi connectivity index (χ4n) is 2.80. The number of rotatable bonds is 7. The Balaban J connectivity index is 1.76. The van der Waals surface area contributed by atoms with Crippen molar-refractivity contribution in [3.8, 4) is 11.3 Å². The van der Waals surface area contributed by atoms with E-state index in [9.17, 15) is 23.9 Å². The van der Waals surface area contributed by atoms with Gasteiger partial charge in [0.2, 0.25) is 5.91 Å². The van der Waals surface area contributed by atoms with Gasteiger partial charge < -0.3 is 10.4 Å². The third-order valence-corrected chi connectivity index (χ3v) is 4.23. The summed E-state index contributed by atoms with van der Waals surface area (Å²) < 4.78 is 14.8. The Morgan fingerprint density at radius 1 is 1.03 bits per heavy atom. The van der Waals surface area contributed by atoms with Crippen LogP contribution in [0.1, 0.15) is 5.56 Å². The summed E-state index contributed by atoms with van der Waals surface area (Å²) in [7, 11) is 0. The molecule has 0 aliphatic heterocycles. The van der Waals surface area contributed by atoms with Crippen LogP contribution < -0.4 is 10.9 Å². The van der Waals surface area contributed by atoms with Crippen LogP contribution in [0.4, 0.5) is 4.39 Å². The number of nitrogens with one attached hydrogen (secondary N) is 1. The van der Waals surface area contributed by atoms with Gasteiger partial charge in [-0.2, -0.15) is 5.10 Å². The Morgan fingerprint density at radius 3 is 2.41 bits per heavy atom. The van der Waals surface area contributed by atoms with Crippen LogP contribution in [0.15, 0.2) is 71.5 Å². The number of hydrogen-bond acceptors (Lipinski definition) is 4. The summed E-state index contributed by atoms with van der Waals surface area (Å²) >= 11 is 0. The van der Waals surface area contributed by atoms with Crippen molar-refractivity contribution >= 4 is 11.9 Å². The number of halogens is 1. The summed E-state index contributed by atoms with van der Waals surface area (Å²) in [6.45, 7) is -0.486. The number of aliphatic carboxylic acids is 1.